The van der Waals surface area contributed by atoms with Gasteiger partial charge in [0.15, 0.2) is 0 Å². The van der Waals surface area contributed by atoms with Crippen molar-refractivity contribution in [1.82, 2.24) is 4.90 Å². The van der Waals surface area contributed by atoms with Crippen molar-refractivity contribution in [3.63, 3.8) is 0 Å². The number of phenols is 1. The Morgan fingerprint density at radius 3 is 2.62 bits per heavy atom. The Balaban J connectivity index is 2.03. The number of carbonyl (C=O) groups is 2. The third kappa shape index (κ3) is 3.65. The number of rotatable bonds is 4. The van der Waals surface area contributed by atoms with Crippen molar-refractivity contribution in [3.05, 3.63) is 23.8 Å². The lowest BCUT2D eigenvalue weighted by Crippen LogP contribution is -2.39. The summed E-state index contributed by atoms with van der Waals surface area (Å²) in [5, 5.41) is 9.84. The molecule has 1 saturated heterocycles. The SMILES string of the molecule is COc1ccc(O)c(C(=O)N2CCC(CC(N)=O)CC2)c1. The molecule has 1 aliphatic heterocycles. The molecule has 6 nitrogen and oxygen atoms in total. The molecule has 1 heterocycles. The zero-order valence-electron chi connectivity index (χ0n) is 12.0. The van der Waals surface area contributed by atoms with E-state index in [4.69, 9.17) is 10.5 Å². The molecule has 1 aliphatic rings. The summed E-state index contributed by atoms with van der Waals surface area (Å²) in [5.41, 5.74) is 5.43. The molecule has 114 valence electrons. The number of aromatic hydroxyl groups is 1. The fraction of sp³-hybridized carbons (Fsp3) is 0.467. The highest BCUT2D eigenvalue weighted by molar-refractivity contribution is 5.97. The van der Waals surface area contributed by atoms with Crippen LogP contribution in [0.25, 0.3) is 0 Å². The minimum Gasteiger partial charge on any atom is -0.507 e. The summed E-state index contributed by atoms with van der Waals surface area (Å²) in [6.07, 6.45) is 1.87. The Bertz CT molecular complexity index is 536. The number of hydrogen-bond acceptors (Lipinski definition) is 4. The van der Waals surface area contributed by atoms with Crippen molar-refractivity contribution in [2.75, 3.05) is 20.2 Å². The second-order valence-electron chi connectivity index (χ2n) is 5.29. The Morgan fingerprint density at radius 1 is 1.38 bits per heavy atom. The molecule has 0 saturated carbocycles. The molecule has 3 N–H and O–H groups in total. The van der Waals surface area contributed by atoms with E-state index in [9.17, 15) is 14.7 Å². The number of hydrogen-bond donors (Lipinski definition) is 2. The first-order chi connectivity index (χ1) is 10.0. The summed E-state index contributed by atoms with van der Waals surface area (Å²) < 4.78 is 5.07. The summed E-state index contributed by atoms with van der Waals surface area (Å²) in [6.45, 7) is 1.13. The van der Waals surface area contributed by atoms with Gasteiger partial charge >= 0.3 is 0 Å². The molecule has 1 aromatic carbocycles. The molecule has 2 rings (SSSR count). The van der Waals surface area contributed by atoms with Gasteiger partial charge < -0.3 is 20.5 Å². The molecular formula is C15H20N2O4. The molecule has 0 unspecified atom stereocenters. The monoisotopic (exact) mass is 292 g/mol. The van der Waals surface area contributed by atoms with Crippen LogP contribution in [0.2, 0.25) is 0 Å². The van der Waals surface area contributed by atoms with Gasteiger partial charge in [-0.15, -0.1) is 0 Å². The van der Waals surface area contributed by atoms with E-state index in [1.165, 1.54) is 19.2 Å². The molecule has 2 amide bonds. The zero-order valence-corrected chi connectivity index (χ0v) is 12.0. The number of nitrogens with two attached hydrogens (primary N) is 1. The third-order valence-electron chi connectivity index (χ3n) is 3.83. The maximum atomic E-state index is 12.4. The van der Waals surface area contributed by atoms with Crippen LogP contribution in [0, 0.1) is 5.92 Å². The van der Waals surface area contributed by atoms with Crippen LogP contribution in [-0.2, 0) is 4.79 Å². The second-order valence-corrected chi connectivity index (χ2v) is 5.29. The van der Waals surface area contributed by atoms with Crippen LogP contribution in [-0.4, -0.2) is 42.0 Å². The van der Waals surface area contributed by atoms with Crippen LogP contribution < -0.4 is 10.5 Å². The maximum absolute atomic E-state index is 12.4. The molecule has 6 heteroatoms. The Kier molecular flexibility index (Phi) is 4.67. The summed E-state index contributed by atoms with van der Waals surface area (Å²) in [5.74, 6) is 0.194. The molecule has 0 bridgehead atoms. The number of methoxy groups -OCH3 is 1. The van der Waals surface area contributed by atoms with Crippen molar-refractivity contribution in [1.29, 1.82) is 0 Å². The van der Waals surface area contributed by atoms with Crippen LogP contribution in [0.4, 0.5) is 0 Å². The van der Waals surface area contributed by atoms with Gasteiger partial charge in [0.2, 0.25) is 5.91 Å². The average Bonchev–Trinajstić information content (AvgIpc) is 2.47. The maximum Gasteiger partial charge on any atom is 0.257 e. The van der Waals surface area contributed by atoms with Gasteiger partial charge in [-0.2, -0.15) is 0 Å². The first-order valence-electron chi connectivity index (χ1n) is 6.96. The fourth-order valence-electron chi connectivity index (χ4n) is 2.61. The van der Waals surface area contributed by atoms with Crippen molar-refractivity contribution >= 4 is 11.8 Å². The molecule has 0 aliphatic carbocycles. The number of amides is 2. The molecule has 0 spiro atoms. The van der Waals surface area contributed by atoms with Gasteiger partial charge in [-0.25, -0.2) is 0 Å². The number of phenolic OH excluding ortho intramolecular Hbond substituents is 1. The zero-order chi connectivity index (χ0) is 15.4. The van der Waals surface area contributed by atoms with E-state index in [0.29, 0.717) is 25.3 Å². The van der Waals surface area contributed by atoms with Crippen LogP contribution in [0.3, 0.4) is 0 Å². The quantitative estimate of drug-likeness (QED) is 0.870. The molecular weight excluding hydrogens is 272 g/mol. The first kappa shape index (κ1) is 15.2. The van der Waals surface area contributed by atoms with Crippen molar-refractivity contribution in [3.8, 4) is 11.5 Å². The van der Waals surface area contributed by atoms with Crippen LogP contribution >= 0.6 is 0 Å². The number of ether oxygens (including phenoxy) is 1. The van der Waals surface area contributed by atoms with Gasteiger partial charge in [0.25, 0.3) is 5.91 Å². The Labute approximate surface area is 123 Å². The topological polar surface area (TPSA) is 92.9 Å². The van der Waals surface area contributed by atoms with Gasteiger partial charge in [-0.05, 0) is 37.0 Å². The van der Waals surface area contributed by atoms with E-state index in [0.717, 1.165) is 12.8 Å². The van der Waals surface area contributed by atoms with Gasteiger partial charge in [0, 0.05) is 19.5 Å². The van der Waals surface area contributed by atoms with Gasteiger partial charge in [0.1, 0.15) is 11.5 Å². The number of benzene rings is 1. The van der Waals surface area contributed by atoms with E-state index in [1.54, 1.807) is 11.0 Å². The van der Waals surface area contributed by atoms with E-state index in [1.807, 2.05) is 0 Å². The lowest BCUT2D eigenvalue weighted by Gasteiger charge is -2.31. The van der Waals surface area contributed by atoms with Crippen LogP contribution in [0.1, 0.15) is 29.6 Å². The van der Waals surface area contributed by atoms with Gasteiger partial charge in [0.05, 0.1) is 12.7 Å². The summed E-state index contributed by atoms with van der Waals surface area (Å²) >= 11 is 0. The highest BCUT2D eigenvalue weighted by Crippen LogP contribution is 2.27. The van der Waals surface area contributed by atoms with Crippen molar-refractivity contribution in [2.24, 2.45) is 11.7 Å². The number of piperidine rings is 1. The molecule has 0 atom stereocenters. The predicted octanol–water partition coefficient (Wildman–Crippen LogP) is 1.13. The van der Waals surface area contributed by atoms with E-state index in [-0.39, 0.29) is 29.0 Å². The molecule has 21 heavy (non-hydrogen) atoms. The summed E-state index contributed by atoms with van der Waals surface area (Å²) in [7, 11) is 1.51. The minimum atomic E-state index is -0.301. The number of nitrogens with zero attached hydrogens (tertiary/aromatic N) is 1. The highest BCUT2D eigenvalue weighted by atomic mass is 16.5. The number of primary amides is 1. The standard InChI is InChI=1S/C15H20N2O4/c1-21-11-2-3-13(18)12(9-11)15(20)17-6-4-10(5-7-17)8-14(16)19/h2-3,9-10,18H,4-8H2,1H3,(H2,16,19). The normalized spacial score (nSPS) is 15.8. The molecule has 1 aromatic rings. The van der Waals surface area contributed by atoms with Crippen molar-refractivity contribution in [2.45, 2.75) is 19.3 Å². The van der Waals surface area contributed by atoms with E-state index in [2.05, 4.69) is 0 Å². The Hall–Kier alpha value is -2.24. The van der Waals surface area contributed by atoms with Crippen LogP contribution in [0.5, 0.6) is 11.5 Å². The van der Waals surface area contributed by atoms with Gasteiger partial charge in [-0.1, -0.05) is 0 Å². The van der Waals surface area contributed by atoms with E-state index >= 15 is 0 Å². The molecule has 0 aromatic heterocycles. The largest absolute Gasteiger partial charge is 0.507 e. The minimum absolute atomic E-state index is 0.0555. The van der Waals surface area contributed by atoms with Gasteiger partial charge in [-0.3, -0.25) is 9.59 Å². The van der Waals surface area contributed by atoms with Crippen molar-refractivity contribution < 1.29 is 19.4 Å². The third-order valence-corrected chi connectivity index (χ3v) is 3.83. The summed E-state index contributed by atoms with van der Waals surface area (Å²) in [4.78, 5) is 25.0. The number of carbonyl (C=O) groups excluding carboxylic acids is 2. The molecule has 0 radical (unpaired) electrons. The second kappa shape index (κ2) is 6.47. The first-order valence-corrected chi connectivity index (χ1v) is 6.96. The number of likely N-dealkylation sites (tertiary alicyclic amines) is 1. The molecule has 1 fully saturated rings. The predicted molar refractivity (Wildman–Crippen MR) is 77.1 cm³/mol. The Morgan fingerprint density at radius 2 is 2.05 bits per heavy atom. The highest BCUT2D eigenvalue weighted by Gasteiger charge is 2.26. The van der Waals surface area contributed by atoms with E-state index < -0.39 is 0 Å². The average molecular weight is 292 g/mol. The summed E-state index contributed by atoms with van der Waals surface area (Å²) in [6, 6.07) is 4.59. The fourth-order valence-corrected chi connectivity index (χ4v) is 2.61. The lowest BCUT2D eigenvalue weighted by atomic mass is 9.93. The smallest absolute Gasteiger partial charge is 0.257 e. The lowest BCUT2D eigenvalue weighted by molar-refractivity contribution is -0.119. The van der Waals surface area contributed by atoms with Crippen LogP contribution in [0.15, 0.2) is 18.2 Å².